The van der Waals surface area contributed by atoms with Gasteiger partial charge in [-0.15, -0.1) is 0 Å². The molecule has 1 aliphatic heterocycles. The summed E-state index contributed by atoms with van der Waals surface area (Å²) < 4.78 is 37.1. The maximum absolute atomic E-state index is 12.9. The Morgan fingerprint density at radius 1 is 1.19 bits per heavy atom. The first-order valence-electron chi connectivity index (χ1n) is 7.94. The molecule has 1 saturated heterocycles. The molecule has 26 heavy (non-hydrogen) atoms. The summed E-state index contributed by atoms with van der Waals surface area (Å²) in [5.74, 6) is -1.59. The van der Waals surface area contributed by atoms with Gasteiger partial charge in [-0.25, -0.2) is 17.5 Å². The summed E-state index contributed by atoms with van der Waals surface area (Å²) in [5, 5.41) is 4.06. The van der Waals surface area contributed by atoms with Crippen LogP contribution in [0.5, 0.6) is 0 Å². The van der Waals surface area contributed by atoms with E-state index in [1.165, 1.54) is 41.2 Å². The lowest BCUT2D eigenvalue weighted by Gasteiger charge is -2.09. The van der Waals surface area contributed by atoms with Gasteiger partial charge < -0.3 is 0 Å². The number of nitrogens with zero attached hydrogens (tertiary/aromatic N) is 2. The smallest absolute Gasteiger partial charge is 0.273 e. The topological polar surface area (TPSA) is 110 Å². The van der Waals surface area contributed by atoms with E-state index in [4.69, 9.17) is 0 Å². The monoisotopic (exact) mass is 380 g/mol. The van der Waals surface area contributed by atoms with Gasteiger partial charge in [0.25, 0.3) is 5.91 Å². The largest absolute Gasteiger partial charge is 0.290 e. The van der Waals surface area contributed by atoms with Gasteiger partial charge in [-0.1, -0.05) is 0 Å². The summed E-state index contributed by atoms with van der Waals surface area (Å²) in [6, 6.07) is 7.04. The number of halogens is 1. The van der Waals surface area contributed by atoms with E-state index in [9.17, 15) is 22.4 Å². The lowest BCUT2D eigenvalue weighted by molar-refractivity contribution is -0.122. The third-order valence-corrected chi connectivity index (χ3v) is 5.87. The quantitative estimate of drug-likeness (QED) is 0.755. The number of hydrazine groups is 1. The number of nitrogens with one attached hydrogen (secondary N) is 2. The van der Waals surface area contributed by atoms with Crippen LogP contribution in [0.4, 0.5) is 4.39 Å². The molecule has 1 atom stereocenters. The van der Waals surface area contributed by atoms with Crippen LogP contribution in [0, 0.1) is 11.7 Å². The third-order valence-electron chi connectivity index (χ3n) is 4.03. The van der Waals surface area contributed by atoms with Crippen LogP contribution in [-0.4, -0.2) is 41.5 Å². The van der Waals surface area contributed by atoms with Crippen molar-refractivity contribution < 1.29 is 22.4 Å². The molecule has 10 heteroatoms. The summed E-state index contributed by atoms with van der Waals surface area (Å²) in [4.78, 5) is 23.9. The molecule has 0 aliphatic carbocycles. The minimum Gasteiger partial charge on any atom is -0.273 e. The van der Waals surface area contributed by atoms with Crippen molar-refractivity contribution in [3.63, 3.8) is 0 Å². The number of hydrogen-bond acceptors (Lipinski definition) is 5. The van der Waals surface area contributed by atoms with Crippen LogP contribution >= 0.6 is 0 Å². The van der Waals surface area contributed by atoms with Crippen molar-refractivity contribution in [1.82, 2.24) is 20.6 Å². The average Bonchev–Trinajstić information content (AvgIpc) is 3.20. The molecule has 138 valence electrons. The van der Waals surface area contributed by atoms with E-state index in [0.717, 1.165) is 0 Å². The number of benzene rings is 1. The SMILES string of the molecule is O=C(CC1CCS(=O)(=O)C1)NNC(=O)c1ccn(-c2ccc(F)cc2)n1. The number of sulfone groups is 1. The third kappa shape index (κ3) is 4.45. The molecule has 2 heterocycles. The Bertz CT molecular complexity index is 924. The molecule has 0 saturated carbocycles. The number of amides is 2. The second-order valence-corrected chi connectivity index (χ2v) is 8.33. The van der Waals surface area contributed by atoms with Crippen molar-refractivity contribution in [3.05, 3.63) is 48.0 Å². The van der Waals surface area contributed by atoms with E-state index in [0.29, 0.717) is 12.1 Å². The molecular formula is C16H17FN4O4S. The van der Waals surface area contributed by atoms with E-state index in [1.54, 1.807) is 0 Å². The van der Waals surface area contributed by atoms with Crippen molar-refractivity contribution in [1.29, 1.82) is 0 Å². The number of aromatic nitrogens is 2. The molecule has 1 aliphatic rings. The fourth-order valence-electron chi connectivity index (χ4n) is 2.72. The van der Waals surface area contributed by atoms with Crippen molar-refractivity contribution in [2.24, 2.45) is 5.92 Å². The highest BCUT2D eigenvalue weighted by atomic mass is 32.2. The molecular weight excluding hydrogens is 363 g/mol. The number of carbonyl (C=O) groups is 2. The molecule has 2 amide bonds. The van der Waals surface area contributed by atoms with Gasteiger partial charge in [0.1, 0.15) is 5.82 Å². The molecule has 0 radical (unpaired) electrons. The number of hydrogen-bond donors (Lipinski definition) is 2. The first-order valence-corrected chi connectivity index (χ1v) is 9.76. The summed E-state index contributed by atoms with van der Waals surface area (Å²) in [6.07, 6.45) is 2.02. The van der Waals surface area contributed by atoms with Gasteiger partial charge in [0.05, 0.1) is 17.2 Å². The Labute approximate surface area is 149 Å². The van der Waals surface area contributed by atoms with Gasteiger partial charge in [0.15, 0.2) is 15.5 Å². The molecule has 2 N–H and O–H groups in total. The number of rotatable bonds is 4. The average molecular weight is 380 g/mol. The second kappa shape index (κ2) is 7.24. The van der Waals surface area contributed by atoms with Crippen LogP contribution in [0.1, 0.15) is 23.3 Å². The van der Waals surface area contributed by atoms with E-state index in [1.807, 2.05) is 0 Å². The van der Waals surface area contributed by atoms with Gasteiger partial charge in [-0.05, 0) is 42.7 Å². The van der Waals surface area contributed by atoms with Crippen LogP contribution in [0.15, 0.2) is 36.5 Å². The van der Waals surface area contributed by atoms with Crippen molar-refractivity contribution in [2.45, 2.75) is 12.8 Å². The second-order valence-electron chi connectivity index (χ2n) is 6.10. The normalized spacial score (nSPS) is 18.4. The minimum atomic E-state index is -3.05. The van der Waals surface area contributed by atoms with Gasteiger partial charge in [0.2, 0.25) is 5.91 Å². The molecule has 2 aromatic rings. The van der Waals surface area contributed by atoms with Gasteiger partial charge in [0, 0.05) is 12.6 Å². The van der Waals surface area contributed by atoms with Gasteiger partial charge >= 0.3 is 0 Å². The molecule has 1 fully saturated rings. The fraction of sp³-hybridized carbons (Fsp3) is 0.312. The lowest BCUT2D eigenvalue weighted by atomic mass is 10.1. The maximum atomic E-state index is 12.9. The summed E-state index contributed by atoms with van der Waals surface area (Å²) in [6.45, 7) is 0. The van der Waals surface area contributed by atoms with Crippen LogP contribution in [-0.2, 0) is 14.6 Å². The molecule has 8 nitrogen and oxygen atoms in total. The lowest BCUT2D eigenvalue weighted by Crippen LogP contribution is -2.42. The zero-order chi connectivity index (χ0) is 18.7. The molecule has 3 rings (SSSR count). The molecule has 1 aromatic carbocycles. The Hall–Kier alpha value is -2.75. The molecule has 0 bridgehead atoms. The fourth-order valence-corrected chi connectivity index (χ4v) is 4.58. The van der Waals surface area contributed by atoms with E-state index in [2.05, 4.69) is 16.0 Å². The molecule has 1 aromatic heterocycles. The summed E-state index contributed by atoms with van der Waals surface area (Å²) in [7, 11) is -3.05. The van der Waals surface area contributed by atoms with Crippen molar-refractivity contribution in [3.8, 4) is 5.69 Å². The highest BCUT2D eigenvalue weighted by Gasteiger charge is 2.29. The summed E-state index contributed by atoms with van der Waals surface area (Å²) in [5.41, 5.74) is 5.15. The molecule has 0 spiro atoms. The predicted molar refractivity (Wildman–Crippen MR) is 90.5 cm³/mol. The molecule has 1 unspecified atom stereocenters. The van der Waals surface area contributed by atoms with Crippen molar-refractivity contribution >= 4 is 21.7 Å². The van der Waals surface area contributed by atoms with Crippen molar-refractivity contribution in [2.75, 3.05) is 11.5 Å². The first-order chi connectivity index (χ1) is 12.3. The maximum Gasteiger partial charge on any atom is 0.290 e. The predicted octanol–water partition coefficient (Wildman–Crippen LogP) is 0.597. The highest BCUT2D eigenvalue weighted by Crippen LogP contribution is 2.21. The van der Waals surface area contributed by atoms with Gasteiger partial charge in [-0.2, -0.15) is 5.10 Å². The Morgan fingerprint density at radius 3 is 2.58 bits per heavy atom. The Kier molecular flexibility index (Phi) is 5.03. The zero-order valence-corrected chi connectivity index (χ0v) is 14.5. The van der Waals surface area contributed by atoms with Crippen LogP contribution in [0.25, 0.3) is 5.69 Å². The van der Waals surface area contributed by atoms with E-state index in [-0.39, 0.29) is 35.4 Å². The first kappa shape index (κ1) is 18.1. The minimum absolute atomic E-state index is 0.00353. The van der Waals surface area contributed by atoms with Gasteiger partial charge in [-0.3, -0.25) is 20.4 Å². The standard InChI is InChI=1S/C16H17FN4O4S/c17-12-1-3-13(4-2-12)21-7-5-14(20-21)16(23)19-18-15(22)9-11-6-8-26(24,25)10-11/h1-5,7,11H,6,8-10H2,(H,18,22)(H,19,23). The Balaban J connectivity index is 1.52. The summed E-state index contributed by atoms with van der Waals surface area (Å²) >= 11 is 0. The van der Waals surface area contributed by atoms with E-state index >= 15 is 0 Å². The van der Waals surface area contributed by atoms with Crippen LogP contribution in [0.2, 0.25) is 0 Å². The number of carbonyl (C=O) groups excluding carboxylic acids is 2. The Morgan fingerprint density at radius 2 is 1.92 bits per heavy atom. The highest BCUT2D eigenvalue weighted by molar-refractivity contribution is 7.91. The van der Waals surface area contributed by atoms with Crippen LogP contribution in [0.3, 0.4) is 0 Å². The van der Waals surface area contributed by atoms with Crippen LogP contribution < -0.4 is 10.9 Å². The zero-order valence-electron chi connectivity index (χ0n) is 13.7. The van der Waals surface area contributed by atoms with E-state index < -0.39 is 21.7 Å².